The third kappa shape index (κ3) is 3.63. The first-order valence-electron chi connectivity index (χ1n) is 7.78. The zero-order valence-corrected chi connectivity index (χ0v) is 13.8. The Labute approximate surface area is 141 Å². The van der Waals surface area contributed by atoms with Gasteiger partial charge in [-0.2, -0.15) is 5.10 Å². The highest BCUT2D eigenvalue weighted by Gasteiger charge is 2.07. The van der Waals surface area contributed by atoms with Crippen LogP contribution in [0.2, 0.25) is 0 Å². The van der Waals surface area contributed by atoms with E-state index in [4.69, 9.17) is 0 Å². The monoisotopic (exact) mass is 320 g/mol. The summed E-state index contributed by atoms with van der Waals surface area (Å²) in [5.74, 6) is -0.0728. The van der Waals surface area contributed by atoms with Crippen molar-refractivity contribution >= 4 is 11.6 Å². The van der Waals surface area contributed by atoms with Crippen LogP contribution < -0.4 is 10.2 Å². The highest BCUT2D eigenvalue weighted by Crippen LogP contribution is 2.17. The fourth-order valence-corrected chi connectivity index (χ4v) is 2.43. The minimum Gasteiger partial charge on any atom is -0.378 e. The Morgan fingerprint density at radius 3 is 2.58 bits per heavy atom. The van der Waals surface area contributed by atoms with Gasteiger partial charge in [0.25, 0.3) is 5.91 Å². The summed E-state index contributed by atoms with van der Waals surface area (Å²) < 4.78 is 0. The van der Waals surface area contributed by atoms with Crippen molar-refractivity contribution in [2.75, 3.05) is 19.0 Å². The maximum Gasteiger partial charge on any atom is 0.251 e. The van der Waals surface area contributed by atoms with Crippen molar-refractivity contribution in [1.82, 2.24) is 15.5 Å². The van der Waals surface area contributed by atoms with E-state index >= 15 is 0 Å². The molecule has 0 radical (unpaired) electrons. The second-order valence-electron chi connectivity index (χ2n) is 5.79. The maximum absolute atomic E-state index is 12.3. The number of anilines is 1. The number of benzene rings is 2. The predicted molar refractivity (Wildman–Crippen MR) is 96.0 cm³/mol. The molecule has 0 bridgehead atoms. The second-order valence-corrected chi connectivity index (χ2v) is 5.79. The van der Waals surface area contributed by atoms with Crippen molar-refractivity contribution in [3.05, 3.63) is 71.9 Å². The van der Waals surface area contributed by atoms with Gasteiger partial charge in [-0.1, -0.05) is 30.3 Å². The minimum absolute atomic E-state index is 0.0728. The lowest BCUT2D eigenvalue weighted by atomic mass is 10.1. The zero-order chi connectivity index (χ0) is 16.9. The normalized spacial score (nSPS) is 10.4. The fraction of sp³-hybridized carbons (Fsp3) is 0.158. The van der Waals surface area contributed by atoms with Gasteiger partial charge in [0.05, 0.1) is 5.69 Å². The van der Waals surface area contributed by atoms with E-state index in [-0.39, 0.29) is 5.91 Å². The summed E-state index contributed by atoms with van der Waals surface area (Å²) in [6, 6.07) is 17.5. The molecule has 5 heteroatoms. The van der Waals surface area contributed by atoms with Crippen LogP contribution in [0.4, 0.5) is 5.69 Å². The van der Waals surface area contributed by atoms with Gasteiger partial charge in [0.2, 0.25) is 0 Å². The van der Waals surface area contributed by atoms with Gasteiger partial charge in [-0.05, 0) is 35.4 Å². The number of H-pyrrole nitrogens is 1. The minimum atomic E-state index is -0.0728. The van der Waals surface area contributed by atoms with E-state index in [2.05, 4.69) is 15.5 Å². The van der Waals surface area contributed by atoms with Crippen molar-refractivity contribution in [1.29, 1.82) is 0 Å². The lowest BCUT2D eigenvalue weighted by Gasteiger charge is -2.13. The van der Waals surface area contributed by atoms with Crippen LogP contribution >= 0.6 is 0 Å². The second kappa shape index (κ2) is 7.00. The van der Waals surface area contributed by atoms with Crippen LogP contribution in [0.3, 0.4) is 0 Å². The number of amides is 1. The standard InChI is InChI=1S/C19H20N4O/c1-23(2)17-5-3-4-16(12-17)19(24)20-13-14-6-8-15(9-7-14)18-10-11-21-22-18/h3-12H,13H2,1-2H3,(H,20,24)(H,21,22). The SMILES string of the molecule is CN(C)c1cccc(C(=O)NCc2ccc(-c3ccn[nH]3)cc2)c1. The zero-order valence-electron chi connectivity index (χ0n) is 13.8. The number of nitrogens with zero attached hydrogens (tertiary/aromatic N) is 2. The number of aromatic nitrogens is 2. The van der Waals surface area contributed by atoms with Gasteiger partial charge >= 0.3 is 0 Å². The summed E-state index contributed by atoms with van der Waals surface area (Å²) in [5.41, 5.74) is 4.77. The molecule has 0 fully saturated rings. The van der Waals surface area contributed by atoms with Gasteiger partial charge in [0, 0.05) is 38.1 Å². The molecular formula is C19H20N4O. The third-order valence-electron chi connectivity index (χ3n) is 3.84. The highest BCUT2D eigenvalue weighted by molar-refractivity contribution is 5.95. The van der Waals surface area contributed by atoms with E-state index in [1.807, 2.05) is 73.6 Å². The van der Waals surface area contributed by atoms with Gasteiger partial charge in [-0.25, -0.2) is 0 Å². The molecule has 0 saturated carbocycles. The summed E-state index contributed by atoms with van der Waals surface area (Å²) in [7, 11) is 3.91. The molecule has 3 aromatic rings. The quantitative estimate of drug-likeness (QED) is 0.759. The van der Waals surface area contributed by atoms with Crippen molar-refractivity contribution in [2.24, 2.45) is 0 Å². The lowest BCUT2D eigenvalue weighted by Crippen LogP contribution is -2.23. The van der Waals surface area contributed by atoms with Gasteiger partial charge in [-0.15, -0.1) is 0 Å². The van der Waals surface area contributed by atoms with E-state index in [1.165, 1.54) is 0 Å². The largest absolute Gasteiger partial charge is 0.378 e. The van der Waals surface area contributed by atoms with Crippen LogP contribution in [0.15, 0.2) is 60.8 Å². The highest BCUT2D eigenvalue weighted by atomic mass is 16.1. The molecule has 122 valence electrons. The summed E-state index contributed by atoms with van der Waals surface area (Å²) >= 11 is 0. The molecule has 0 aliphatic carbocycles. The fourth-order valence-electron chi connectivity index (χ4n) is 2.43. The molecule has 0 aliphatic heterocycles. The summed E-state index contributed by atoms with van der Waals surface area (Å²) in [5, 5.41) is 9.84. The van der Waals surface area contributed by atoms with Gasteiger partial charge < -0.3 is 10.2 Å². The van der Waals surface area contributed by atoms with E-state index in [0.29, 0.717) is 12.1 Å². The Morgan fingerprint density at radius 2 is 1.92 bits per heavy atom. The molecule has 2 N–H and O–H groups in total. The molecule has 0 aliphatic rings. The van der Waals surface area contributed by atoms with Crippen LogP contribution in [-0.2, 0) is 6.54 Å². The maximum atomic E-state index is 12.3. The number of carbonyl (C=O) groups excluding carboxylic acids is 1. The molecule has 1 amide bonds. The lowest BCUT2D eigenvalue weighted by molar-refractivity contribution is 0.0951. The average molecular weight is 320 g/mol. The molecule has 5 nitrogen and oxygen atoms in total. The molecule has 1 heterocycles. The molecule has 0 atom stereocenters. The van der Waals surface area contributed by atoms with Crippen LogP contribution in [-0.4, -0.2) is 30.2 Å². The molecule has 0 unspecified atom stereocenters. The van der Waals surface area contributed by atoms with E-state index < -0.39 is 0 Å². The first-order chi connectivity index (χ1) is 11.6. The number of hydrogen-bond donors (Lipinski definition) is 2. The predicted octanol–water partition coefficient (Wildman–Crippen LogP) is 3.07. The Kier molecular flexibility index (Phi) is 4.61. The van der Waals surface area contributed by atoms with Crippen LogP contribution in [0, 0.1) is 0 Å². The molecule has 0 saturated heterocycles. The van der Waals surface area contributed by atoms with Crippen LogP contribution in [0.5, 0.6) is 0 Å². The van der Waals surface area contributed by atoms with E-state index in [9.17, 15) is 4.79 Å². The van der Waals surface area contributed by atoms with Crippen molar-refractivity contribution in [3.8, 4) is 11.3 Å². The number of hydrogen-bond acceptors (Lipinski definition) is 3. The summed E-state index contributed by atoms with van der Waals surface area (Å²) in [4.78, 5) is 14.3. The van der Waals surface area contributed by atoms with Gasteiger partial charge in [-0.3, -0.25) is 9.89 Å². The van der Waals surface area contributed by atoms with Crippen molar-refractivity contribution < 1.29 is 4.79 Å². The third-order valence-corrected chi connectivity index (χ3v) is 3.84. The summed E-state index contributed by atoms with van der Waals surface area (Å²) in [6.45, 7) is 0.494. The van der Waals surface area contributed by atoms with E-state index in [1.54, 1.807) is 6.20 Å². The molecule has 1 aromatic heterocycles. The first kappa shape index (κ1) is 15.8. The topological polar surface area (TPSA) is 61.0 Å². The Morgan fingerprint density at radius 1 is 1.12 bits per heavy atom. The summed E-state index contributed by atoms with van der Waals surface area (Å²) in [6.07, 6.45) is 1.73. The average Bonchev–Trinajstić information content (AvgIpc) is 3.15. The molecular weight excluding hydrogens is 300 g/mol. The number of carbonyl (C=O) groups is 1. The van der Waals surface area contributed by atoms with Gasteiger partial charge in [0.15, 0.2) is 0 Å². The van der Waals surface area contributed by atoms with Crippen molar-refractivity contribution in [3.63, 3.8) is 0 Å². The molecule has 2 aromatic carbocycles. The number of nitrogens with one attached hydrogen (secondary N) is 2. The number of rotatable bonds is 5. The molecule has 3 rings (SSSR count). The molecule has 24 heavy (non-hydrogen) atoms. The number of aromatic amines is 1. The van der Waals surface area contributed by atoms with Gasteiger partial charge in [0.1, 0.15) is 0 Å². The van der Waals surface area contributed by atoms with Crippen LogP contribution in [0.1, 0.15) is 15.9 Å². The van der Waals surface area contributed by atoms with E-state index in [0.717, 1.165) is 22.5 Å². The Bertz CT molecular complexity index is 808. The van der Waals surface area contributed by atoms with Crippen LogP contribution in [0.25, 0.3) is 11.3 Å². The smallest absolute Gasteiger partial charge is 0.251 e. The molecule has 0 spiro atoms. The van der Waals surface area contributed by atoms with Crippen molar-refractivity contribution in [2.45, 2.75) is 6.54 Å². The first-order valence-corrected chi connectivity index (χ1v) is 7.78. The Balaban J connectivity index is 1.63. The Hall–Kier alpha value is -3.08.